The normalized spacial score (nSPS) is 11.8. The van der Waals surface area contributed by atoms with Crippen LogP contribution >= 0.6 is 23.2 Å². The number of hydrogen-bond donors (Lipinski definition) is 1. The zero-order valence-electron chi connectivity index (χ0n) is 6.94. The Kier molecular flexibility index (Phi) is 2.67. The van der Waals surface area contributed by atoms with Crippen molar-refractivity contribution >= 4 is 23.2 Å². The first kappa shape index (κ1) is 9.85. The fraction of sp³-hybridized carbons (Fsp3) is 0.333. The number of aliphatic hydroxyl groups is 1. The zero-order chi connectivity index (χ0) is 9.35. The van der Waals surface area contributed by atoms with Crippen LogP contribution in [0.1, 0.15) is 19.4 Å². The minimum Gasteiger partial charge on any atom is -0.386 e. The summed E-state index contributed by atoms with van der Waals surface area (Å²) in [4.78, 5) is 0. The molecule has 66 valence electrons. The molecular formula is C9H10Cl2O. The Morgan fingerprint density at radius 1 is 1.17 bits per heavy atom. The molecule has 1 nitrogen and oxygen atoms in total. The summed E-state index contributed by atoms with van der Waals surface area (Å²) in [6, 6.07) is 5.17. The van der Waals surface area contributed by atoms with Crippen LogP contribution < -0.4 is 0 Å². The average molecular weight is 205 g/mol. The van der Waals surface area contributed by atoms with E-state index in [0.717, 1.165) is 0 Å². The topological polar surface area (TPSA) is 20.2 Å². The van der Waals surface area contributed by atoms with Gasteiger partial charge in [-0.05, 0) is 26.0 Å². The largest absolute Gasteiger partial charge is 0.386 e. The quantitative estimate of drug-likeness (QED) is 0.746. The number of halogens is 2. The van der Waals surface area contributed by atoms with Crippen LogP contribution in [0.15, 0.2) is 18.2 Å². The fourth-order valence-electron chi connectivity index (χ4n) is 1.08. The highest BCUT2D eigenvalue weighted by Crippen LogP contribution is 2.33. The van der Waals surface area contributed by atoms with E-state index in [0.29, 0.717) is 15.6 Å². The van der Waals surface area contributed by atoms with Gasteiger partial charge in [0.2, 0.25) is 0 Å². The molecule has 0 atom stereocenters. The van der Waals surface area contributed by atoms with Gasteiger partial charge in [-0.1, -0.05) is 29.3 Å². The van der Waals surface area contributed by atoms with E-state index in [2.05, 4.69) is 0 Å². The Balaban J connectivity index is 3.31. The summed E-state index contributed by atoms with van der Waals surface area (Å²) in [5.41, 5.74) is -0.413. The first-order valence-electron chi connectivity index (χ1n) is 3.60. The highest BCUT2D eigenvalue weighted by molar-refractivity contribution is 6.36. The lowest BCUT2D eigenvalue weighted by Crippen LogP contribution is -2.16. The van der Waals surface area contributed by atoms with Crippen molar-refractivity contribution in [2.24, 2.45) is 0 Å². The van der Waals surface area contributed by atoms with Crippen LogP contribution in [0, 0.1) is 0 Å². The summed E-state index contributed by atoms with van der Waals surface area (Å²) < 4.78 is 0. The van der Waals surface area contributed by atoms with Gasteiger partial charge in [-0.15, -0.1) is 0 Å². The van der Waals surface area contributed by atoms with Crippen molar-refractivity contribution < 1.29 is 5.11 Å². The second-order valence-corrected chi connectivity index (χ2v) is 3.97. The third-order valence-electron chi connectivity index (χ3n) is 1.57. The van der Waals surface area contributed by atoms with Crippen molar-refractivity contribution in [3.63, 3.8) is 0 Å². The van der Waals surface area contributed by atoms with Crippen molar-refractivity contribution in [3.05, 3.63) is 33.8 Å². The monoisotopic (exact) mass is 204 g/mol. The predicted octanol–water partition coefficient (Wildman–Crippen LogP) is 3.22. The Morgan fingerprint density at radius 2 is 1.58 bits per heavy atom. The van der Waals surface area contributed by atoms with E-state index in [1.807, 2.05) is 0 Å². The molecule has 1 aromatic rings. The lowest BCUT2D eigenvalue weighted by molar-refractivity contribution is 0.0788. The van der Waals surface area contributed by atoms with E-state index in [9.17, 15) is 5.11 Å². The maximum Gasteiger partial charge on any atom is 0.0869 e. The lowest BCUT2D eigenvalue weighted by atomic mass is 9.98. The number of rotatable bonds is 1. The molecule has 12 heavy (non-hydrogen) atoms. The van der Waals surface area contributed by atoms with Gasteiger partial charge in [0.25, 0.3) is 0 Å². The van der Waals surface area contributed by atoms with Crippen molar-refractivity contribution in [1.29, 1.82) is 0 Å². The summed E-state index contributed by atoms with van der Waals surface area (Å²) in [5, 5.41) is 10.7. The standard InChI is InChI=1S/C9H10Cl2O/c1-9(2,12)8-6(10)4-3-5-7(8)11/h3-5,12H,1-2H3. The third-order valence-corrected chi connectivity index (χ3v) is 2.20. The molecule has 0 unspecified atom stereocenters. The van der Waals surface area contributed by atoms with Crippen LogP contribution in [0.2, 0.25) is 10.0 Å². The first-order valence-corrected chi connectivity index (χ1v) is 4.35. The molecule has 0 bridgehead atoms. The van der Waals surface area contributed by atoms with Gasteiger partial charge in [-0.3, -0.25) is 0 Å². The van der Waals surface area contributed by atoms with E-state index in [-0.39, 0.29) is 0 Å². The van der Waals surface area contributed by atoms with E-state index in [1.54, 1.807) is 32.0 Å². The molecule has 1 aromatic carbocycles. The van der Waals surface area contributed by atoms with Gasteiger partial charge in [0.05, 0.1) is 5.60 Å². The molecule has 0 radical (unpaired) electrons. The van der Waals surface area contributed by atoms with Crippen molar-refractivity contribution in [1.82, 2.24) is 0 Å². The molecular weight excluding hydrogens is 195 g/mol. The van der Waals surface area contributed by atoms with Crippen molar-refractivity contribution in [2.45, 2.75) is 19.4 Å². The molecule has 0 saturated carbocycles. The van der Waals surface area contributed by atoms with Gasteiger partial charge in [0.1, 0.15) is 0 Å². The minimum atomic E-state index is -0.991. The number of hydrogen-bond acceptors (Lipinski definition) is 1. The lowest BCUT2D eigenvalue weighted by Gasteiger charge is -2.20. The maximum absolute atomic E-state index is 9.68. The molecule has 0 amide bonds. The molecule has 0 heterocycles. The van der Waals surface area contributed by atoms with Crippen LogP contribution in [0.25, 0.3) is 0 Å². The maximum atomic E-state index is 9.68. The molecule has 0 aromatic heterocycles. The van der Waals surface area contributed by atoms with Gasteiger partial charge in [0.15, 0.2) is 0 Å². The Morgan fingerprint density at radius 3 is 1.83 bits per heavy atom. The predicted molar refractivity (Wildman–Crippen MR) is 51.7 cm³/mol. The van der Waals surface area contributed by atoms with E-state index >= 15 is 0 Å². The number of benzene rings is 1. The molecule has 1 rings (SSSR count). The van der Waals surface area contributed by atoms with Gasteiger partial charge < -0.3 is 5.11 Å². The smallest absolute Gasteiger partial charge is 0.0869 e. The van der Waals surface area contributed by atoms with Crippen LogP contribution in [0.3, 0.4) is 0 Å². The van der Waals surface area contributed by atoms with Crippen LogP contribution in [0.5, 0.6) is 0 Å². The molecule has 0 aliphatic heterocycles. The molecule has 0 spiro atoms. The molecule has 0 aliphatic rings. The molecule has 1 N–H and O–H groups in total. The summed E-state index contributed by atoms with van der Waals surface area (Å²) >= 11 is 11.7. The van der Waals surface area contributed by atoms with Gasteiger partial charge in [0, 0.05) is 15.6 Å². The van der Waals surface area contributed by atoms with Crippen LogP contribution in [-0.4, -0.2) is 5.11 Å². The highest BCUT2D eigenvalue weighted by Gasteiger charge is 2.22. The van der Waals surface area contributed by atoms with Crippen LogP contribution in [-0.2, 0) is 5.60 Å². The first-order chi connectivity index (χ1) is 5.43. The SMILES string of the molecule is CC(C)(O)c1c(Cl)cccc1Cl. The van der Waals surface area contributed by atoms with E-state index < -0.39 is 5.60 Å². The second-order valence-electron chi connectivity index (χ2n) is 3.16. The van der Waals surface area contributed by atoms with Crippen molar-refractivity contribution in [3.8, 4) is 0 Å². The Hall–Kier alpha value is -0.240. The summed E-state index contributed by atoms with van der Waals surface area (Å²) in [7, 11) is 0. The third kappa shape index (κ3) is 1.92. The van der Waals surface area contributed by atoms with E-state index in [1.165, 1.54) is 0 Å². The molecule has 3 heteroatoms. The molecule has 0 saturated heterocycles. The summed E-state index contributed by atoms with van der Waals surface area (Å²) in [6.07, 6.45) is 0. The van der Waals surface area contributed by atoms with Gasteiger partial charge in [-0.25, -0.2) is 0 Å². The average Bonchev–Trinajstić information content (AvgIpc) is 1.82. The molecule has 0 fully saturated rings. The van der Waals surface area contributed by atoms with Crippen LogP contribution in [0.4, 0.5) is 0 Å². The Bertz CT molecular complexity index is 269. The minimum absolute atomic E-state index is 0.495. The van der Waals surface area contributed by atoms with Crippen molar-refractivity contribution in [2.75, 3.05) is 0 Å². The van der Waals surface area contributed by atoms with Gasteiger partial charge in [-0.2, -0.15) is 0 Å². The summed E-state index contributed by atoms with van der Waals surface area (Å²) in [6.45, 7) is 3.31. The second kappa shape index (κ2) is 3.25. The van der Waals surface area contributed by atoms with Gasteiger partial charge >= 0.3 is 0 Å². The van der Waals surface area contributed by atoms with E-state index in [4.69, 9.17) is 23.2 Å². The Labute approximate surface area is 81.9 Å². The zero-order valence-corrected chi connectivity index (χ0v) is 8.45. The fourth-order valence-corrected chi connectivity index (χ4v) is 1.94. The molecule has 0 aliphatic carbocycles. The highest BCUT2D eigenvalue weighted by atomic mass is 35.5. The summed E-state index contributed by atoms with van der Waals surface area (Å²) in [5.74, 6) is 0.